The molecule has 1 aliphatic heterocycles. The van der Waals surface area contributed by atoms with E-state index in [0.29, 0.717) is 6.54 Å². The van der Waals surface area contributed by atoms with E-state index < -0.39 is 11.5 Å². The minimum atomic E-state index is -0.991. The molecule has 30 heavy (non-hydrogen) atoms. The maximum Gasteiger partial charge on any atom is 0.328 e. The van der Waals surface area contributed by atoms with Crippen LogP contribution in [0.4, 0.5) is 10.1 Å². The van der Waals surface area contributed by atoms with Gasteiger partial charge in [-0.15, -0.1) is 0 Å². The number of carboxylic acids is 1. The fourth-order valence-electron chi connectivity index (χ4n) is 4.27. The van der Waals surface area contributed by atoms with Crippen LogP contribution in [0.1, 0.15) is 29.2 Å². The second-order valence-corrected chi connectivity index (χ2v) is 7.59. The molecule has 1 heterocycles. The molecule has 4 nitrogen and oxygen atoms in total. The molecule has 0 amide bonds. The van der Waals surface area contributed by atoms with E-state index in [1.54, 1.807) is 30.3 Å². The average Bonchev–Trinajstić information content (AvgIpc) is 2.73. The Morgan fingerprint density at radius 2 is 1.77 bits per heavy atom. The normalized spacial score (nSPS) is 18.4. The first-order valence-corrected chi connectivity index (χ1v) is 9.75. The van der Waals surface area contributed by atoms with Crippen molar-refractivity contribution in [3.63, 3.8) is 0 Å². The van der Waals surface area contributed by atoms with E-state index in [1.807, 2.05) is 30.3 Å². The molecule has 1 aliphatic rings. The quantitative estimate of drug-likeness (QED) is 0.605. The number of hydrogen-bond acceptors (Lipinski definition) is 3. The summed E-state index contributed by atoms with van der Waals surface area (Å²) in [6.45, 7) is 2.83. The lowest BCUT2D eigenvalue weighted by atomic mass is 9.76. The van der Waals surface area contributed by atoms with Crippen LogP contribution in [-0.4, -0.2) is 22.7 Å². The third-order valence-corrected chi connectivity index (χ3v) is 5.79. The molecule has 1 unspecified atom stereocenters. The third-order valence-electron chi connectivity index (χ3n) is 5.79. The predicted molar refractivity (Wildman–Crippen MR) is 115 cm³/mol. The van der Waals surface area contributed by atoms with Crippen molar-refractivity contribution in [1.29, 1.82) is 0 Å². The van der Waals surface area contributed by atoms with Gasteiger partial charge in [-0.05, 0) is 78.1 Å². The Labute approximate surface area is 174 Å². The molecule has 0 saturated carbocycles. The number of carbonyl (C=O) groups is 1. The average molecular weight is 403 g/mol. The van der Waals surface area contributed by atoms with Gasteiger partial charge in [0.25, 0.3) is 0 Å². The van der Waals surface area contributed by atoms with Crippen molar-refractivity contribution in [3.8, 4) is 5.75 Å². The van der Waals surface area contributed by atoms with E-state index in [4.69, 9.17) is 5.11 Å². The maximum absolute atomic E-state index is 13.5. The summed E-state index contributed by atoms with van der Waals surface area (Å²) in [5.41, 5.74) is 4.32. The monoisotopic (exact) mass is 403 g/mol. The molecule has 0 aliphatic carbocycles. The zero-order chi connectivity index (χ0) is 21.3. The highest BCUT2D eigenvalue weighted by Crippen LogP contribution is 2.44. The van der Waals surface area contributed by atoms with Crippen LogP contribution in [-0.2, 0) is 16.8 Å². The first kappa shape index (κ1) is 19.7. The van der Waals surface area contributed by atoms with Crippen LogP contribution in [0.5, 0.6) is 5.75 Å². The molecule has 152 valence electrons. The summed E-state index contributed by atoms with van der Waals surface area (Å²) in [7, 11) is 0. The van der Waals surface area contributed by atoms with Crippen molar-refractivity contribution in [2.45, 2.75) is 18.9 Å². The number of carboxylic acid groups (broad SMARTS) is 1. The Morgan fingerprint density at radius 3 is 2.43 bits per heavy atom. The molecule has 0 fully saturated rings. The van der Waals surface area contributed by atoms with Crippen LogP contribution in [0.25, 0.3) is 6.08 Å². The maximum atomic E-state index is 13.5. The molecular formula is C25H22FNO3. The Balaban J connectivity index is 1.84. The van der Waals surface area contributed by atoms with Gasteiger partial charge in [-0.2, -0.15) is 0 Å². The fourth-order valence-corrected chi connectivity index (χ4v) is 4.27. The first-order chi connectivity index (χ1) is 14.4. The Bertz CT molecular complexity index is 1110. The van der Waals surface area contributed by atoms with E-state index in [1.165, 1.54) is 12.1 Å². The summed E-state index contributed by atoms with van der Waals surface area (Å²) in [4.78, 5) is 13.0. The number of hydrogen-bond donors (Lipinski definition) is 2. The summed E-state index contributed by atoms with van der Waals surface area (Å²) in [5, 5.41) is 18.8. The number of rotatable bonds is 4. The smallest absolute Gasteiger partial charge is 0.328 e. The molecule has 3 aromatic rings. The molecule has 4 rings (SSSR count). The number of phenols is 1. The third kappa shape index (κ3) is 3.54. The topological polar surface area (TPSA) is 60.8 Å². The summed E-state index contributed by atoms with van der Waals surface area (Å²) < 4.78 is 13.5. The van der Waals surface area contributed by atoms with E-state index in [-0.39, 0.29) is 11.6 Å². The lowest BCUT2D eigenvalue weighted by molar-refractivity contribution is -0.131. The molecule has 0 radical (unpaired) electrons. The van der Waals surface area contributed by atoms with Crippen molar-refractivity contribution < 1.29 is 19.4 Å². The van der Waals surface area contributed by atoms with Crippen molar-refractivity contribution in [1.82, 2.24) is 0 Å². The van der Waals surface area contributed by atoms with Crippen molar-refractivity contribution in [2.24, 2.45) is 0 Å². The lowest BCUT2D eigenvalue weighted by Gasteiger charge is -2.48. The summed E-state index contributed by atoms with van der Waals surface area (Å²) in [6.07, 6.45) is 3.43. The minimum absolute atomic E-state index is 0.237. The van der Waals surface area contributed by atoms with Crippen molar-refractivity contribution >= 4 is 17.7 Å². The molecule has 0 bridgehead atoms. The number of fused-ring (bicyclic) bond motifs is 1. The number of nitrogens with zero attached hydrogens (tertiary/aromatic N) is 1. The Kier molecular flexibility index (Phi) is 5.04. The number of anilines is 1. The zero-order valence-electron chi connectivity index (χ0n) is 16.5. The van der Waals surface area contributed by atoms with Gasteiger partial charge in [0.2, 0.25) is 0 Å². The predicted octanol–water partition coefficient (Wildman–Crippen LogP) is 4.96. The van der Waals surface area contributed by atoms with E-state index in [2.05, 4.69) is 11.8 Å². The lowest BCUT2D eigenvalue weighted by Crippen LogP contribution is -2.49. The zero-order valence-corrected chi connectivity index (χ0v) is 16.5. The van der Waals surface area contributed by atoms with Crippen LogP contribution < -0.4 is 4.90 Å². The number of aromatic hydroxyl groups is 1. The van der Waals surface area contributed by atoms with Gasteiger partial charge < -0.3 is 15.1 Å². The standard InChI is InChI=1S/C25H22FNO3/c1-25(19-5-2-17(3-6-19)4-13-24(29)30)23-12-11-22(28)16-18(23)14-15-27(25)21-9-7-20(26)8-10-21/h2-13,16,28H,14-15H2,1H3,(H,29,30). The summed E-state index contributed by atoms with van der Waals surface area (Å²) in [5.74, 6) is -1.03. The highest BCUT2D eigenvalue weighted by atomic mass is 19.1. The van der Waals surface area contributed by atoms with E-state index in [0.717, 1.165) is 40.4 Å². The Morgan fingerprint density at radius 1 is 1.07 bits per heavy atom. The second kappa shape index (κ2) is 7.67. The first-order valence-electron chi connectivity index (χ1n) is 9.75. The van der Waals surface area contributed by atoms with Gasteiger partial charge in [-0.3, -0.25) is 0 Å². The van der Waals surface area contributed by atoms with Gasteiger partial charge in [-0.25, -0.2) is 9.18 Å². The van der Waals surface area contributed by atoms with E-state index in [9.17, 15) is 14.3 Å². The number of halogens is 1. The molecule has 0 spiro atoms. The summed E-state index contributed by atoms with van der Waals surface area (Å²) in [6, 6.07) is 19.7. The molecule has 3 aromatic carbocycles. The van der Waals surface area contributed by atoms with Crippen LogP contribution in [0, 0.1) is 5.82 Å². The molecule has 0 aromatic heterocycles. The number of benzene rings is 3. The van der Waals surface area contributed by atoms with Crippen LogP contribution in [0.2, 0.25) is 0 Å². The largest absolute Gasteiger partial charge is 0.508 e. The molecule has 2 N–H and O–H groups in total. The number of phenolic OH excluding ortho intramolecular Hbond substituents is 1. The Hall–Kier alpha value is -3.60. The minimum Gasteiger partial charge on any atom is -0.508 e. The molecule has 5 heteroatoms. The van der Waals surface area contributed by atoms with Crippen LogP contribution in [0.15, 0.2) is 72.8 Å². The van der Waals surface area contributed by atoms with Crippen LogP contribution in [0.3, 0.4) is 0 Å². The van der Waals surface area contributed by atoms with Gasteiger partial charge in [0.1, 0.15) is 11.6 Å². The van der Waals surface area contributed by atoms with Crippen LogP contribution >= 0.6 is 0 Å². The van der Waals surface area contributed by atoms with Gasteiger partial charge in [-0.1, -0.05) is 30.3 Å². The highest BCUT2D eigenvalue weighted by Gasteiger charge is 2.40. The van der Waals surface area contributed by atoms with Crippen molar-refractivity contribution in [3.05, 3.63) is 101 Å². The molecule has 0 saturated heterocycles. The van der Waals surface area contributed by atoms with Gasteiger partial charge >= 0.3 is 5.97 Å². The molecular weight excluding hydrogens is 381 g/mol. The highest BCUT2D eigenvalue weighted by molar-refractivity contribution is 5.85. The van der Waals surface area contributed by atoms with Gasteiger partial charge in [0, 0.05) is 18.3 Å². The number of aliphatic carboxylic acids is 1. The van der Waals surface area contributed by atoms with E-state index >= 15 is 0 Å². The van der Waals surface area contributed by atoms with Crippen molar-refractivity contribution in [2.75, 3.05) is 11.4 Å². The summed E-state index contributed by atoms with van der Waals surface area (Å²) >= 11 is 0. The molecule has 1 atom stereocenters. The van der Waals surface area contributed by atoms with Gasteiger partial charge in [0.15, 0.2) is 0 Å². The fraction of sp³-hybridized carbons (Fsp3) is 0.160. The van der Waals surface area contributed by atoms with Gasteiger partial charge in [0.05, 0.1) is 5.54 Å². The second-order valence-electron chi connectivity index (χ2n) is 7.59. The SMILES string of the molecule is CC1(c2ccc(C=CC(=O)O)cc2)c2ccc(O)cc2CCN1c1ccc(F)cc1.